The van der Waals surface area contributed by atoms with Crippen LogP contribution in [0, 0.1) is 13.8 Å². The van der Waals surface area contributed by atoms with Gasteiger partial charge in [0.05, 0.1) is 21.5 Å². The molecule has 0 bridgehead atoms. The maximum absolute atomic E-state index is 13.6. The molecule has 4 rings (SSSR count). The Kier molecular flexibility index (Phi) is 7.40. The fourth-order valence-electron chi connectivity index (χ4n) is 3.86. The van der Waals surface area contributed by atoms with Gasteiger partial charge < -0.3 is 5.32 Å². The van der Waals surface area contributed by atoms with Crippen LogP contribution in [0.1, 0.15) is 42.0 Å². The van der Waals surface area contributed by atoms with Crippen molar-refractivity contribution in [3.8, 4) is 0 Å². The molecule has 4 aromatic rings. The molecular weight excluding hydrogens is 501 g/mol. The lowest BCUT2D eigenvalue weighted by molar-refractivity contribution is -0.139. The molecule has 0 aliphatic rings. The normalized spacial score (nSPS) is 12.1. The van der Waals surface area contributed by atoms with Crippen molar-refractivity contribution < 1.29 is 21.6 Å². The number of nitrogens with one attached hydrogen (secondary N) is 2. The van der Waals surface area contributed by atoms with E-state index in [2.05, 4.69) is 26.9 Å². The smallest absolute Gasteiger partial charge is 0.337 e. The molecule has 0 saturated heterocycles. The van der Waals surface area contributed by atoms with Gasteiger partial charge in [-0.3, -0.25) is 4.72 Å². The van der Waals surface area contributed by atoms with Crippen LogP contribution in [0.25, 0.3) is 11.0 Å². The summed E-state index contributed by atoms with van der Waals surface area (Å²) in [6, 6.07) is 15.2. The highest BCUT2D eigenvalue weighted by atomic mass is 32.2. The van der Waals surface area contributed by atoms with Crippen molar-refractivity contribution in [2.75, 3.05) is 10.0 Å². The van der Waals surface area contributed by atoms with Gasteiger partial charge in [-0.1, -0.05) is 37.6 Å². The molecule has 37 heavy (non-hydrogen) atoms. The first kappa shape index (κ1) is 26.4. The molecular formula is C27H27F3N4O2S. The summed E-state index contributed by atoms with van der Waals surface area (Å²) in [5, 5.41) is 3.08. The number of aromatic nitrogens is 2. The molecule has 1 heterocycles. The van der Waals surface area contributed by atoms with E-state index in [1.54, 1.807) is 6.07 Å². The minimum absolute atomic E-state index is 0.0742. The summed E-state index contributed by atoms with van der Waals surface area (Å²) in [6.45, 7) is 5.92. The van der Waals surface area contributed by atoms with Crippen LogP contribution in [0.15, 0.2) is 65.6 Å². The fourth-order valence-corrected chi connectivity index (χ4v) is 5.10. The van der Waals surface area contributed by atoms with Crippen molar-refractivity contribution in [1.29, 1.82) is 0 Å². The minimum atomic E-state index is -4.85. The summed E-state index contributed by atoms with van der Waals surface area (Å²) in [7, 11) is -4.66. The van der Waals surface area contributed by atoms with Crippen LogP contribution in [-0.2, 0) is 22.6 Å². The summed E-state index contributed by atoms with van der Waals surface area (Å²) in [6.07, 6.45) is -1.77. The summed E-state index contributed by atoms with van der Waals surface area (Å²) in [5.74, 6) is -0.132. The molecule has 0 fully saturated rings. The Hall–Kier alpha value is -3.66. The highest BCUT2D eigenvalue weighted by molar-refractivity contribution is 7.92. The molecule has 0 radical (unpaired) electrons. The lowest BCUT2D eigenvalue weighted by atomic mass is 10.1. The summed E-state index contributed by atoms with van der Waals surface area (Å²) >= 11 is 0. The van der Waals surface area contributed by atoms with Gasteiger partial charge in [-0.2, -0.15) is 13.2 Å². The highest BCUT2D eigenvalue weighted by Crippen LogP contribution is 2.35. The van der Waals surface area contributed by atoms with Gasteiger partial charge in [0, 0.05) is 5.69 Å². The number of rotatable bonds is 8. The van der Waals surface area contributed by atoms with Gasteiger partial charge in [0.2, 0.25) is 0 Å². The van der Waals surface area contributed by atoms with Gasteiger partial charge in [-0.05, 0) is 79.8 Å². The monoisotopic (exact) mass is 528 g/mol. The van der Waals surface area contributed by atoms with E-state index in [4.69, 9.17) is 0 Å². The number of hydrogen-bond acceptors (Lipinski definition) is 5. The summed E-state index contributed by atoms with van der Waals surface area (Å²) < 4.78 is 69.2. The summed E-state index contributed by atoms with van der Waals surface area (Å²) in [5.41, 5.74) is 3.34. The minimum Gasteiger partial charge on any atom is -0.337 e. The van der Waals surface area contributed by atoms with Crippen molar-refractivity contribution in [3.05, 3.63) is 82.9 Å². The van der Waals surface area contributed by atoms with E-state index in [1.807, 2.05) is 44.2 Å². The van der Waals surface area contributed by atoms with Crippen molar-refractivity contribution in [1.82, 2.24) is 9.97 Å². The van der Waals surface area contributed by atoms with E-state index in [9.17, 15) is 21.6 Å². The number of anilines is 3. The number of fused-ring (bicyclic) bond motifs is 1. The fraction of sp³-hybridized carbons (Fsp3) is 0.259. The number of nitrogens with zero attached hydrogens (tertiary/aromatic N) is 2. The predicted octanol–water partition coefficient (Wildman–Crippen LogP) is 7.15. The number of hydrogen-bond donors (Lipinski definition) is 2. The first-order valence-electron chi connectivity index (χ1n) is 11.8. The van der Waals surface area contributed by atoms with Gasteiger partial charge >= 0.3 is 6.18 Å². The molecule has 10 heteroatoms. The molecule has 0 amide bonds. The lowest BCUT2D eigenvalue weighted by Gasteiger charge is -2.17. The molecule has 0 aliphatic heterocycles. The molecule has 3 aromatic carbocycles. The predicted molar refractivity (Wildman–Crippen MR) is 140 cm³/mol. The number of unbranched alkanes of at least 4 members (excludes halogenated alkanes) is 1. The maximum atomic E-state index is 13.6. The SMILES string of the molecule is CCCCc1ccc(Nc2nc3cc(C)c(C)cc3nc2NS(=O)(=O)c2ccccc2C(F)(F)F)cc1. The number of halogens is 3. The zero-order valence-electron chi connectivity index (χ0n) is 20.6. The number of alkyl halides is 3. The molecule has 6 nitrogen and oxygen atoms in total. The van der Waals surface area contributed by atoms with E-state index in [0.717, 1.165) is 54.2 Å². The average Bonchev–Trinajstić information content (AvgIpc) is 2.84. The van der Waals surface area contributed by atoms with E-state index in [0.29, 0.717) is 16.7 Å². The topological polar surface area (TPSA) is 84.0 Å². The van der Waals surface area contributed by atoms with Gasteiger partial charge in [-0.25, -0.2) is 18.4 Å². The molecule has 194 valence electrons. The molecule has 2 N–H and O–H groups in total. The average molecular weight is 529 g/mol. The Bertz CT molecular complexity index is 1540. The first-order valence-corrected chi connectivity index (χ1v) is 13.3. The number of aryl methyl sites for hydroxylation is 3. The standard InChI is InChI=1S/C27H27F3N4O2S/c1-4-5-8-19-11-13-20(14-12-19)31-25-26(33-23-16-18(3)17(2)15-22(23)32-25)34-37(35,36)24-10-7-6-9-21(24)27(28,29)30/h6-7,9-16H,4-5,8H2,1-3H3,(H,31,32)(H,33,34). The van der Waals surface area contributed by atoms with Crippen molar-refractivity contribution >= 4 is 38.4 Å². The Labute approximate surface area is 214 Å². The van der Waals surface area contributed by atoms with Gasteiger partial charge in [-0.15, -0.1) is 0 Å². The van der Waals surface area contributed by atoms with Crippen LogP contribution in [0.2, 0.25) is 0 Å². The van der Waals surface area contributed by atoms with Crippen LogP contribution >= 0.6 is 0 Å². The van der Waals surface area contributed by atoms with Crippen LogP contribution in [0.3, 0.4) is 0 Å². The third-order valence-corrected chi connectivity index (χ3v) is 7.43. The second kappa shape index (κ2) is 10.4. The van der Waals surface area contributed by atoms with Crippen LogP contribution in [-0.4, -0.2) is 18.4 Å². The molecule has 0 aliphatic carbocycles. The Morgan fingerprint density at radius 2 is 1.46 bits per heavy atom. The lowest BCUT2D eigenvalue weighted by Crippen LogP contribution is -2.20. The molecule has 1 aromatic heterocycles. The Morgan fingerprint density at radius 3 is 2.05 bits per heavy atom. The number of sulfonamides is 1. The largest absolute Gasteiger partial charge is 0.417 e. The molecule has 0 unspecified atom stereocenters. The Morgan fingerprint density at radius 1 is 0.865 bits per heavy atom. The Balaban J connectivity index is 1.78. The van der Waals surface area contributed by atoms with Gasteiger partial charge in [0.15, 0.2) is 11.6 Å². The van der Waals surface area contributed by atoms with Crippen molar-refractivity contribution in [2.24, 2.45) is 0 Å². The van der Waals surface area contributed by atoms with E-state index in [-0.39, 0.29) is 11.6 Å². The third kappa shape index (κ3) is 6.02. The van der Waals surface area contributed by atoms with Crippen molar-refractivity contribution in [2.45, 2.75) is 51.1 Å². The second-order valence-electron chi connectivity index (χ2n) is 8.87. The molecule has 0 spiro atoms. The quantitative estimate of drug-likeness (QED) is 0.254. The van der Waals surface area contributed by atoms with Gasteiger partial charge in [0.1, 0.15) is 0 Å². The number of benzene rings is 3. The zero-order chi connectivity index (χ0) is 26.8. The third-order valence-electron chi connectivity index (χ3n) is 6.03. The maximum Gasteiger partial charge on any atom is 0.417 e. The van der Waals surface area contributed by atoms with Crippen LogP contribution in [0.4, 0.5) is 30.5 Å². The second-order valence-corrected chi connectivity index (χ2v) is 10.5. The van der Waals surface area contributed by atoms with E-state index >= 15 is 0 Å². The van der Waals surface area contributed by atoms with E-state index < -0.39 is 26.7 Å². The van der Waals surface area contributed by atoms with E-state index in [1.165, 1.54) is 6.07 Å². The molecule has 0 atom stereocenters. The molecule has 0 saturated carbocycles. The summed E-state index contributed by atoms with van der Waals surface area (Å²) in [4.78, 5) is 8.12. The van der Waals surface area contributed by atoms with Crippen LogP contribution in [0.5, 0.6) is 0 Å². The van der Waals surface area contributed by atoms with Crippen molar-refractivity contribution in [3.63, 3.8) is 0 Å². The zero-order valence-corrected chi connectivity index (χ0v) is 21.5. The highest BCUT2D eigenvalue weighted by Gasteiger charge is 2.37. The van der Waals surface area contributed by atoms with Gasteiger partial charge in [0.25, 0.3) is 10.0 Å². The first-order chi connectivity index (χ1) is 17.5. The van der Waals surface area contributed by atoms with Crippen LogP contribution < -0.4 is 10.0 Å².